The Morgan fingerprint density at radius 1 is 1.31 bits per heavy atom. The normalized spacial score (nSPS) is 10.4. The number of amides is 1. The molecule has 0 N–H and O–H groups in total. The van der Waals surface area contributed by atoms with Crippen LogP contribution in [0.1, 0.15) is 5.56 Å². The third-order valence-corrected chi connectivity index (χ3v) is 2.08. The molecule has 0 heterocycles. The topological polar surface area (TPSA) is 60.4 Å². The lowest BCUT2D eigenvalue weighted by Gasteiger charge is -2.15. The zero-order valence-corrected chi connectivity index (χ0v) is 9.14. The summed E-state index contributed by atoms with van der Waals surface area (Å²) < 4.78 is 0. The van der Waals surface area contributed by atoms with Crippen molar-refractivity contribution in [2.45, 2.75) is 6.92 Å². The van der Waals surface area contributed by atoms with Gasteiger partial charge in [-0.05, 0) is 30.7 Å². The van der Waals surface area contributed by atoms with E-state index in [2.05, 4.69) is 0 Å². The number of hydrogen-bond donors (Lipinski definition) is 0. The number of hydrogen-bond acceptors (Lipinski definition) is 3. The molecule has 0 aromatic heterocycles. The maximum atomic E-state index is 11.5. The van der Waals surface area contributed by atoms with E-state index in [9.17, 15) is 14.7 Å². The highest BCUT2D eigenvalue weighted by atomic mass is 16.4. The van der Waals surface area contributed by atoms with Crippen molar-refractivity contribution < 1.29 is 14.7 Å². The van der Waals surface area contributed by atoms with Crippen molar-refractivity contribution in [1.82, 2.24) is 0 Å². The minimum Gasteiger partial charge on any atom is -0.545 e. The van der Waals surface area contributed by atoms with Crippen molar-refractivity contribution in [3.63, 3.8) is 0 Å². The molecule has 0 aliphatic carbocycles. The molecule has 0 aliphatic heterocycles. The van der Waals surface area contributed by atoms with E-state index in [1.807, 2.05) is 25.1 Å². The Morgan fingerprint density at radius 3 is 2.56 bits per heavy atom. The smallest absolute Gasteiger partial charge is 0.250 e. The number of nitrogens with zero attached hydrogens (tertiary/aromatic N) is 1. The molecule has 1 aromatic rings. The lowest BCUT2D eigenvalue weighted by Crippen LogP contribution is -2.25. The maximum absolute atomic E-state index is 11.5. The average Bonchev–Trinajstić information content (AvgIpc) is 2.24. The van der Waals surface area contributed by atoms with Crippen LogP contribution < -0.4 is 10.0 Å². The summed E-state index contributed by atoms with van der Waals surface area (Å²) in [6, 6.07) is 7.36. The van der Waals surface area contributed by atoms with Crippen LogP contribution in [0.15, 0.2) is 36.4 Å². The number of anilines is 1. The third kappa shape index (κ3) is 3.24. The number of carbonyl (C=O) groups is 2. The highest BCUT2D eigenvalue weighted by Crippen LogP contribution is 2.14. The zero-order chi connectivity index (χ0) is 12.1. The third-order valence-electron chi connectivity index (χ3n) is 2.08. The van der Waals surface area contributed by atoms with Crippen molar-refractivity contribution >= 4 is 17.6 Å². The van der Waals surface area contributed by atoms with Crippen LogP contribution in [0.25, 0.3) is 0 Å². The van der Waals surface area contributed by atoms with Gasteiger partial charge in [-0.3, -0.25) is 4.79 Å². The number of aryl methyl sites for hydroxylation is 1. The molecule has 0 aliphatic rings. The number of carboxylic acid groups (broad SMARTS) is 1. The summed E-state index contributed by atoms with van der Waals surface area (Å²) in [5.41, 5.74) is 1.74. The molecule has 1 amide bonds. The number of carbonyl (C=O) groups excluding carboxylic acids is 2. The summed E-state index contributed by atoms with van der Waals surface area (Å²) in [5.74, 6) is -1.79. The van der Waals surface area contributed by atoms with E-state index in [1.54, 1.807) is 13.1 Å². The molecule has 1 aromatic carbocycles. The van der Waals surface area contributed by atoms with Gasteiger partial charge in [0.1, 0.15) is 0 Å². The van der Waals surface area contributed by atoms with Gasteiger partial charge in [0.2, 0.25) is 0 Å². The quantitative estimate of drug-likeness (QED) is 0.684. The second-order valence-corrected chi connectivity index (χ2v) is 3.39. The van der Waals surface area contributed by atoms with Gasteiger partial charge < -0.3 is 14.8 Å². The standard InChI is InChI=1S/C12H13NO3/c1-9-4-3-5-10(8-9)13(2)11(14)6-7-12(15)16/h3-8H,1-2H3,(H,15,16)/p-1. The number of carboxylic acids is 1. The summed E-state index contributed by atoms with van der Waals surface area (Å²) in [7, 11) is 1.58. The average molecular weight is 218 g/mol. The van der Waals surface area contributed by atoms with Crippen LogP contribution in [0.3, 0.4) is 0 Å². The first-order valence-corrected chi connectivity index (χ1v) is 4.74. The summed E-state index contributed by atoms with van der Waals surface area (Å²) >= 11 is 0. The lowest BCUT2D eigenvalue weighted by molar-refractivity contribution is -0.297. The molecule has 4 heteroatoms. The van der Waals surface area contributed by atoms with Crippen molar-refractivity contribution in [2.24, 2.45) is 0 Å². The Labute approximate surface area is 93.8 Å². The van der Waals surface area contributed by atoms with Gasteiger partial charge in [-0.1, -0.05) is 12.1 Å². The Morgan fingerprint density at radius 2 is 2.00 bits per heavy atom. The summed E-state index contributed by atoms with van der Waals surface area (Å²) in [5, 5.41) is 10.1. The molecule has 1 rings (SSSR count). The summed E-state index contributed by atoms with van der Waals surface area (Å²) in [6.45, 7) is 1.92. The van der Waals surface area contributed by atoms with Gasteiger partial charge >= 0.3 is 0 Å². The second kappa shape index (κ2) is 5.11. The predicted octanol–water partition coefficient (Wildman–Crippen LogP) is 0.264. The fraction of sp³-hybridized carbons (Fsp3) is 0.167. The van der Waals surface area contributed by atoms with E-state index in [0.717, 1.165) is 11.6 Å². The number of benzene rings is 1. The van der Waals surface area contributed by atoms with Gasteiger partial charge in [0.05, 0.1) is 5.97 Å². The van der Waals surface area contributed by atoms with Crippen LogP contribution in [0.4, 0.5) is 5.69 Å². The molecule has 0 spiro atoms. The molecule has 4 nitrogen and oxygen atoms in total. The van der Waals surface area contributed by atoms with Crippen LogP contribution in [0, 0.1) is 6.92 Å². The van der Waals surface area contributed by atoms with E-state index in [4.69, 9.17) is 0 Å². The van der Waals surface area contributed by atoms with Crippen molar-refractivity contribution in [3.8, 4) is 0 Å². The molecule has 0 saturated heterocycles. The Balaban J connectivity index is 2.82. The van der Waals surface area contributed by atoms with E-state index >= 15 is 0 Å². The van der Waals surface area contributed by atoms with Crippen molar-refractivity contribution in [2.75, 3.05) is 11.9 Å². The van der Waals surface area contributed by atoms with Crippen LogP contribution in [-0.2, 0) is 9.59 Å². The molecule has 0 radical (unpaired) electrons. The first kappa shape index (κ1) is 12.0. The van der Waals surface area contributed by atoms with Crippen molar-refractivity contribution in [1.29, 1.82) is 0 Å². The van der Waals surface area contributed by atoms with E-state index < -0.39 is 11.9 Å². The Kier molecular flexibility index (Phi) is 3.83. The van der Waals surface area contributed by atoms with E-state index in [1.165, 1.54) is 4.90 Å². The largest absolute Gasteiger partial charge is 0.545 e. The number of likely N-dealkylation sites (N-methyl/N-ethyl adjacent to an activating group) is 1. The first-order valence-electron chi connectivity index (χ1n) is 4.74. The minimum absolute atomic E-state index is 0.408. The molecule has 16 heavy (non-hydrogen) atoms. The van der Waals surface area contributed by atoms with Gasteiger partial charge in [-0.15, -0.1) is 0 Å². The Bertz CT molecular complexity index is 438. The van der Waals surface area contributed by atoms with Gasteiger partial charge in [0, 0.05) is 18.8 Å². The van der Waals surface area contributed by atoms with Crippen LogP contribution in [-0.4, -0.2) is 18.9 Å². The van der Waals surface area contributed by atoms with Gasteiger partial charge in [-0.25, -0.2) is 0 Å². The molecule has 0 atom stereocenters. The SMILES string of the molecule is Cc1cccc(N(C)C(=O)C=CC(=O)[O-])c1. The number of aliphatic carboxylic acids is 1. The molecule has 0 fully saturated rings. The zero-order valence-electron chi connectivity index (χ0n) is 9.14. The predicted molar refractivity (Wildman–Crippen MR) is 58.7 cm³/mol. The highest BCUT2D eigenvalue weighted by molar-refractivity contribution is 6.03. The molecular formula is C12H12NO3-. The van der Waals surface area contributed by atoms with E-state index in [-0.39, 0.29) is 0 Å². The van der Waals surface area contributed by atoms with Gasteiger partial charge in [0.15, 0.2) is 0 Å². The van der Waals surface area contributed by atoms with Gasteiger partial charge in [0.25, 0.3) is 5.91 Å². The minimum atomic E-state index is -1.38. The molecule has 0 bridgehead atoms. The van der Waals surface area contributed by atoms with Crippen LogP contribution >= 0.6 is 0 Å². The lowest BCUT2D eigenvalue weighted by atomic mass is 10.2. The molecule has 0 saturated carbocycles. The second-order valence-electron chi connectivity index (χ2n) is 3.39. The fourth-order valence-electron chi connectivity index (χ4n) is 1.21. The maximum Gasteiger partial charge on any atom is 0.250 e. The summed E-state index contributed by atoms with van der Waals surface area (Å²) in [6.07, 6.45) is 1.69. The summed E-state index contributed by atoms with van der Waals surface area (Å²) in [4.78, 5) is 23.0. The monoisotopic (exact) mass is 218 g/mol. The Hall–Kier alpha value is -2.10. The van der Waals surface area contributed by atoms with E-state index in [0.29, 0.717) is 11.8 Å². The first-order chi connectivity index (χ1) is 7.50. The van der Waals surface area contributed by atoms with Crippen LogP contribution in [0.2, 0.25) is 0 Å². The molecular weight excluding hydrogens is 206 g/mol. The highest BCUT2D eigenvalue weighted by Gasteiger charge is 2.06. The molecule has 84 valence electrons. The fourth-order valence-corrected chi connectivity index (χ4v) is 1.21. The molecule has 0 unspecified atom stereocenters. The van der Waals surface area contributed by atoms with Crippen molar-refractivity contribution in [3.05, 3.63) is 42.0 Å². The number of rotatable bonds is 3. The van der Waals surface area contributed by atoms with Crippen LogP contribution in [0.5, 0.6) is 0 Å². The van der Waals surface area contributed by atoms with Gasteiger partial charge in [-0.2, -0.15) is 0 Å².